The number of nitrogen functional groups attached to an aromatic ring is 1. The molecule has 146 valence electrons. The molecule has 3 heterocycles. The molecule has 12 heteroatoms. The molecule has 1 amide bonds. The van der Waals surface area contributed by atoms with E-state index in [1.165, 1.54) is 11.2 Å². The molecule has 0 spiro atoms. The monoisotopic (exact) mass is 447 g/mol. The lowest BCUT2D eigenvalue weighted by molar-refractivity contribution is -0.142. The van der Waals surface area contributed by atoms with E-state index in [0.717, 1.165) is 31.6 Å². The van der Waals surface area contributed by atoms with Crippen LogP contribution in [0.25, 0.3) is 0 Å². The van der Waals surface area contributed by atoms with E-state index in [4.69, 9.17) is 5.73 Å². The highest BCUT2D eigenvalue weighted by Crippen LogP contribution is 2.33. The standard InChI is InChI=1S/C15H17BrF3N7O/c16-12-11(15(17,18)19)22-13(20)10(21-12)14(27)24-26-7-4-9(23-26)8-25-5-2-1-3-6-25/h4,7H,1-3,5-6,8H2,(H2,20,22)(H,24,27). The van der Waals surface area contributed by atoms with Gasteiger partial charge in [-0.15, -0.1) is 0 Å². The molecule has 0 unspecified atom stereocenters. The van der Waals surface area contributed by atoms with Crippen molar-refractivity contribution in [1.29, 1.82) is 0 Å². The van der Waals surface area contributed by atoms with Crippen molar-refractivity contribution in [2.45, 2.75) is 32.0 Å². The SMILES string of the molecule is Nc1nc(C(F)(F)F)c(Br)nc1C(=O)Nn1ccc(CN2CCCCC2)n1. The molecule has 0 aromatic carbocycles. The minimum atomic E-state index is -4.74. The largest absolute Gasteiger partial charge is 0.436 e. The second-order valence-electron chi connectivity index (χ2n) is 6.12. The summed E-state index contributed by atoms with van der Waals surface area (Å²) in [6, 6.07) is 1.76. The van der Waals surface area contributed by atoms with Gasteiger partial charge in [-0.2, -0.15) is 23.1 Å². The number of carbonyl (C=O) groups is 1. The van der Waals surface area contributed by atoms with E-state index in [1.54, 1.807) is 12.3 Å². The first-order valence-corrected chi connectivity index (χ1v) is 9.02. The molecule has 8 nitrogen and oxygen atoms in total. The molecule has 1 saturated heterocycles. The van der Waals surface area contributed by atoms with Gasteiger partial charge in [-0.25, -0.2) is 15.4 Å². The Labute approximate surface area is 161 Å². The van der Waals surface area contributed by atoms with Crippen LogP contribution >= 0.6 is 15.9 Å². The van der Waals surface area contributed by atoms with Crippen LogP contribution in [0.5, 0.6) is 0 Å². The molecule has 0 atom stereocenters. The van der Waals surface area contributed by atoms with Gasteiger partial charge in [-0.1, -0.05) is 6.42 Å². The fourth-order valence-electron chi connectivity index (χ4n) is 2.79. The van der Waals surface area contributed by atoms with Crippen LogP contribution in [0, 0.1) is 0 Å². The van der Waals surface area contributed by atoms with Crippen molar-refractivity contribution in [3.8, 4) is 0 Å². The number of amides is 1. The second-order valence-corrected chi connectivity index (χ2v) is 6.88. The van der Waals surface area contributed by atoms with E-state index in [1.807, 2.05) is 0 Å². The van der Waals surface area contributed by atoms with E-state index in [9.17, 15) is 18.0 Å². The van der Waals surface area contributed by atoms with E-state index in [2.05, 4.69) is 41.3 Å². The van der Waals surface area contributed by atoms with Crippen LogP contribution in [0.2, 0.25) is 0 Å². The summed E-state index contributed by atoms with van der Waals surface area (Å²) in [6.45, 7) is 2.67. The van der Waals surface area contributed by atoms with Gasteiger partial charge in [0.05, 0.1) is 5.69 Å². The van der Waals surface area contributed by atoms with Crippen molar-refractivity contribution in [1.82, 2.24) is 24.8 Å². The zero-order valence-corrected chi connectivity index (χ0v) is 15.7. The molecule has 3 N–H and O–H groups in total. The maximum atomic E-state index is 12.8. The minimum Gasteiger partial charge on any atom is -0.382 e. The van der Waals surface area contributed by atoms with Crippen LogP contribution < -0.4 is 11.2 Å². The maximum Gasteiger partial charge on any atom is 0.436 e. The second kappa shape index (κ2) is 7.80. The Morgan fingerprint density at radius 1 is 1.26 bits per heavy atom. The van der Waals surface area contributed by atoms with Crippen LogP contribution in [0.4, 0.5) is 19.0 Å². The average molecular weight is 448 g/mol. The van der Waals surface area contributed by atoms with Gasteiger partial charge >= 0.3 is 6.18 Å². The van der Waals surface area contributed by atoms with Crippen molar-refractivity contribution < 1.29 is 18.0 Å². The van der Waals surface area contributed by atoms with E-state index in [-0.39, 0.29) is 0 Å². The number of nitrogens with zero attached hydrogens (tertiary/aromatic N) is 5. The third-order valence-corrected chi connectivity index (χ3v) is 4.61. The van der Waals surface area contributed by atoms with Crippen LogP contribution in [-0.2, 0) is 12.7 Å². The number of likely N-dealkylation sites (tertiary alicyclic amines) is 1. The highest BCUT2D eigenvalue weighted by molar-refractivity contribution is 9.10. The van der Waals surface area contributed by atoms with Gasteiger partial charge in [0.1, 0.15) is 4.60 Å². The number of halogens is 4. The summed E-state index contributed by atoms with van der Waals surface area (Å²) in [4.78, 5) is 22.5. The fourth-order valence-corrected chi connectivity index (χ4v) is 3.28. The van der Waals surface area contributed by atoms with E-state index < -0.39 is 33.9 Å². The smallest absolute Gasteiger partial charge is 0.382 e. The number of alkyl halides is 3. The molecular weight excluding hydrogens is 431 g/mol. The number of aromatic nitrogens is 4. The first-order valence-electron chi connectivity index (χ1n) is 8.22. The highest BCUT2D eigenvalue weighted by atomic mass is 79.9. The third kappa shape index (κ3) is 4.75. The van der Waals surface area contributed by atoms with E-state index >= 15 is 0 Å². The number of carbonyl (C=O) groups excluding carboxylic acids is 1. The predicted octanol–water partition coefficient (Wildman–Crippen LogP) is 2.41. The molecule has 1 fully saturated rings. The van der Waals surface area contributed by atoms with Crippen LogP contribution in [0.15, 0.2) is 16.9 Å². The lowest BCUT2D eigenvalue weighted by Gasteiger charge is -2.25. The van der Waals surface area contributed by atoms with Crippen LogP contribution in [0.1, 0.15) is 41.1 Å². The van der Waals surface area contributed by atoms with Crippen LogP contribution in [0.3, 0.4) is 0 Å². The van der Waals surface area contributed by atoms with Crippen molar-refractivity contribution in [2.75, 3.05) is 24.2 Å². The summed E-state index contributed by atoms with van der Waals surface area (Å²) in [5.74, 6) is -1.44. The molecule has 3 rings (SSSR count). The first-order chi connectivity index (χ1) is 12.7. The summed E-state index contributed by atoms with van der Waals surface area (Å²) in [7, 11) is 0. The van der Waals surface area contributed by atoms with Gasteiger partial charge in [0, 0.05) is 12.7 Å². The lowest BCUT2D eigenvalue weighted by atomic mass is 10.1. The van der Waals surface area contributed by atoms with Gasteiger partial charge in [-0.3, -0.25) is 9.69 Å². The molecular formula is C15H17BrF3N7O. The summed E-state index contributed by atoms with van der Waals surface area (Å²) < 4.78 is 37.8. The molecule has 0 radical (unpaired) electrons. The van der Waals surface area contributed by atoms with Crippen molar-refractivity contribution in [3.63, 3.8) is 0 Å². The Kier molecular flexibility index (Phi) is 5.65. The zero-order valence-electron chi connectivity index (χ0n) is 14.1. The number of hydrogen-bond acceptors (Lipinski definition) is 6. The maximum absolute atomic E-state index is 12.8. The highest BCUT2D eigenvalue weighted by Gasteiger charge is 2.37. The predicted molar refractivity (Wildman–Crippen MR) is 94.2 cm³/mol. The zero-order chi connectivity index (χ0) is 19.6. The first kappa shape index (κ1) is 19.5. The van der Waals surface area contributed by atoms with Crippen molar-refractivity contribution in [2.24, 2.45) is 0 Å². The quantitative estimate of drug-likeness (QED) is 0.745. The molecule has 1 aliphatic heterocycles. The van der Waals surface area contributed by atoms with Crippen LogP contribution in [-0.4, -0.2) is 43.8 Å². The average Bonchev–Trinajstić information content (AvgIpc) is 3.03. The molecule has 0 saturated carbocycles. The number of rotatable bonds is 4. The van der Waals surface area contributed by atoms with Gasteiger partial charge in [0.25, 0.3) is 5.91 Å². The topological polar surface area (TPSA) is 102 Å². The Morgan fingerprint density at radius 2 is 1.96 bits per heavy atom. The van der Waals surface area contributed by atoms with Gasteiger partial charge < -0.3 is 5.73 Å². The van der Waals surface area contributed by atoms with Crippen molar-refractivity contribution in [3.05, 3.63) is 33.9 Å². The van der Waals surface area contributed by atoms with Gasteiger partial charge in [0.2, 0.25) is 0 Å². The molecule has 2 aromatic rings. The third-order valence-electron chi connectivity index (χ3n) is 4.06. The molecule has 0 aliphatic carbocycles. The Bertz CT molecular complexity index is 833. The summed E-state index contributed by atoms with van der Waals surface area (Å²) >= 11 is 2.67. The normalized spacial score (nSPS) is 15.7. The lowest BCUT2D eigenvalue weighted by Crippen LogP contribution is -2.30. The fraction of sp³-hybridized carbons (Fsp3) is 0.467. The number of anilines is 1. The van der Waals surface area contributed by atoms with Crippen molar-refractivity contribution >= 4 is 27.7 Å². The molecule has 1 aliphatic rings. The Morgan fingerprint density at radius 3 is 2.63 bits per heavy atom. The number of hydrogen-bond donors (Lipinski definition) is 2. The molecule has 2 aromatic heterocycles. The number of nitrogens with one attached hydrogen (secondary N) is 1. The molecule has 27 heavy (non-hydrogen) atoms. The van der Waals surface area contributed by atoms with Gasteiger partial charge in [0.15, 0.2) is 17.2 Å². The number of piperidine rings is 1. The minimum absolute atomic E-state index is 0.428. The Balaban J connectivity index is 1.69. The Hall–Kier alpha value is -2.21. The van der Waals surface area contributed by atoms with E-state index in [0.29, 0.717) is 6.54 Å². The summed E-state index contributed by atoms with van der Waals surface area (Å²) in [5, 5.41) is 4.24. The summed E-state index contributed by atoms with van der Waals surface area (Å²) in [5.41, 5.74) is 6.93. The summed E-state index contributed by atoms with van der Waals surface area (Å²) in [6.07, 6.45) is 0.336. The molecule has 0 bridgehead atoms. The number of nitrogens with two attached hydrogens (primary N) is 1. The van der Waals surface area contributed by atoms with Gasteiger partial charge in [-0.05, 0) is 47.9 Å².